The molecule has 4 nitrogen and oxygen atoms in total. The number of nitrogens with zero attached hydrogens (tertiary/aromatic N) is 3. The number of amides is 1. The van der Waals surface area contributed by atoms with Gasteiger partial charge in [-0.3, -0.25) is 4.79 Å². The minimum absolute atomic E-state index is 0.0446. The Morgan fingerprint density at radius 2 is 2.04 bits per heavy atom. The van der Waals surface area contributed by atoms with E-state index >= 15 is 0 Å². The largest absolute Gasteiger partial charge is 0.316 e. The van der Waals surface area contributed by atoms with Crippen LogP contribution < -0.4 is 4.90 Å². The first-order chi connectivity index (χ1) is 12.6. The van der Waals surface area contributed by atoms with Gasteiger partial charge in [0, 0.05) is 24.6 Å². The van der Waals surface area contributed by atoms with E-state index < -0.39 is 0 Å². The Balaban J connectivity index is 1.73. The van der Waals surface area contributed by atoms with Crippen molar-refractivity contribution in [1.82, 2.24) is 9.55 Å². The molecule has 1 aliphatic heterocycles. The highest BCUT2D eigenvalue weighted by Crippen LogP contribution is 2.34. The fraction of sp³-hybridized carbons (Fsp3) is 0.273. The van der Waals surface area contributed by atoms with E-state index in [2.05, 4.69) is 28.7 Å². The highest BCUT2D eigenvalue weighted by molar-refractivity contribution is 5.97. The second-order valence-electron chi connectivity index (χ2n) is 6.94. The number of benzene rings is 2. The highest BCUT2D eigenvalue weighted by Gasteiger charge is 2.35. The van der Waals surface area contributed by atoms with Crippen molar-refractivity contribution in [3.05, 3.63) is 59.4 Å². The fourth-order valence-corrected chi connectivity index (χ4v) is 3.79. The molecule has 0 N–H and O–H groups in total. The number of aromatic nitrogens is 2. The topological polar surface area (TPSA) is 38.1 Å². The van der Waals surface area contributed by atoms with Crippen molar-refractivity contribution in [1.29, 1.82) is 0 Å². The molecule has 1 atom stereocenters. The Hall–Kier alpha value is -3.06. The molecule has 4 heteroatoms. The second-order valence-corrected chi connectivity index (χ2v) is 6.94. The molecule has 1 saturated heterocycles. The number of terminal acetylenes is 1. The number of para-hydroxylation sites is 2. The first-order valence-electron chi connectivity index (χ1n) is 8.84. The van der Waals surface area contributed by atoms with Gasteiger partial charge in [-0.2, -0.15) is 0 Å². The third kappa shape index (κ3) is 2.66. The minimum atomic E-state index is 0.0446. The van der Waals surface area contributed by atoms with Crippen LogP contribution in [0, 0.1) is 26.2 Å². The number of hydrogen-bond acceptors (Lipinski definition) is 2. The number of imidazole rings is 1. The Morgan fingerprint density at radius 1 is 1.23 bits per heavy atom. The van der Waals surface area contributed by atoms with Gasteiger partial charge in [0.1, 0.15) is 5.82 Å². The number of carbonyl (C=O) groups is 1. The standard InChI is InChI=1S/C22H21N3O/c1-4-11-24-19-8-6-5-7-18(19)23-22(24)17-13-21(26)25(14-17)20-12-15(2)9-10-16(20)3/h1,5-10,12,17H,11,13-14H2,2-3H3. The van der Waals surface area contributed by atoms with Gasteiger partial charge in [0.25, 0.3) is 0 Å². The van der Waals surface area contributed by atoms with Crippen LogP contribution in [0.1, 0.15) is 29.3 Å². The molecule has 1 fully saturated rings. The lowest BCUT2D eigenvalue weighted by Crippen LogP contribution is -2.25. The molecule has 3 aromatic rings. The van der Waals surface area contributed by atoms with E-state index in [-0.39, 0.29) is 11.8 Å². The van der Waals surface area contributed by atoms with E-state index in [9.17, 15) is 4.79 Å². The molecule has 26 heavy (non-hydrogen) atoms. The van der Waals surface area contributed by atoms with Crippen molar-refractivity contribution in [3.8, 4) is 12.3 Å². The Kier molecular flexibility index (Phi) is 4.00. The van der Waals surface area contributed by atoms with Gasteiger partial charge in [0.15, 0.2) is 0 Å². The number of rotatable bonds is 3. The Labute approximate surface area is 153 Å². The van der Waals surface area contributed by atoms with Crippen molar-refractivity contribution >= 4 is 22.6 Å². The number of hydrogen-bond donors (Lipinski definition) is 0. The molecule has 0 bridgehead atoms. The third-order valence-corrected chi connectivity index (χ3v) is 5.08. The molecular formula is C22H21N3O. The zero-order chi connectivity index (χ0) is 18.3. The summed E-state index contributed by atoms with van der Waals surface area (Å²) in [6.45, 7) is 5.19. The molecule has 0 aliphatic carbocycles. The normalized spacial score (nSPS) is 17.0. The summed E-state index contributed by atoms with van der Waals surface area (Å²) >= 11 is 0. The zero-order valence-electron chi connectivity index (χ0n) is 15.1. The molecule has 1 aromatic heterocycles. The van der Waals surface area contributed by atoms with E-state index in [0.717, 1.165) is 33.7 Å². The van der Waals surface area contributed by atoms with Crippen molar-refractivity contribution in [2.75, 3.05) is 11.4 Å². The average molecular weight is 343 g/mol. The van der Waals surface area contributed by atoms with Crippen LogP contribution in [0.4, 0.5) is 5.69 Å². The lowest BCUT2D eigenvalue weighted by atomic mass is 10.1. The van der Waals surface area contributed by atoms with Gasteiger partial charge in [-0.1, -0.05) is 30.2 Å². The monoisotopic (exact) mass is 343 g/mol. The van der Waals surface area contributed by atoms with Gasteiger partial charge in [0.2, 0.25) is 5.91 Å². The van der Waals surface area contributed by atoms with Crippen LogP contribution in [0.15, 0.2) is 42.5 Å². The van der Waals surface area contributed by atoms with Gasteiger partial charge in [-0.25, -0.2) is 4.98 Å². The van der Waals surface area contributed by atoms with Crippen LogP contribution in [0.3, 0.4) is 0 Å². The van der Waals surface area contributed by atoms with Gasteiger partial charge in [-0.15, -0.1) is 6.42 Å². The van der Waals surface area contributed by atoms with Crippen LogP contribution in [0.5, 0.6) is 0 Å². The summed E-state index contributed by atoms with van der Waals surface area (Å²) in [4.78, 5) is 19.5. The van der Waals surface area contributed by atoms with Crippen LogP contribution in [-0.2, 0) is 11.3 Å². The van der Waals surface area contributed by atoms with Crippen LogP contribution in [0.25, 0.3) is 11.0 Å². The highest BCUT2D eigenvalue weighted by atomic mass is 16.2. The van der Waals surface area contributed by atoms with Gasteiger partial charge < -0.3 is 9.47 Å². The Bertz CT molecular complexity index is 1040. The lowest BCUT2D eigenvalue weighted by Gasteiger charge is -2.20. The third-order valence-electron chi connectivity index (χ3n) is 5.08. The Morgan fingerprint density at radius 3 is 2.85 bits per heavy atom. The number of anilines is 1. The maximum atomic E-state index is 12.8. The zero-order valence-corrected chi connectivity index (χ0v) is 15.1. The molecule has 0 saturated carbocycles. The molecule has 1 amide bonds. The number of fused-ring (bicyclic) bond motifs is 1. The maximum Gasteiger partial charge on any atom is 0.227 e. The van der Waals surface area contributed by atoms with Crippen LogP contribution in [0.2, 0.25) is 0 Å². The van der Waals surface area contributed by atoms with Crippen molar-refractivity contribution in [2.24, 2.45) is 0 Å². The van der Waals surface area contributed by atoms with Gasteiger partial charge in [0.05, 0.1) is 17.6 Å². The average Bonchev–Trinajstić information content (AvgIpc) is 3.18. The molecule has 130 valence electrons. The predicted molar refractivity (Wildman–Crippen MR) is 104 cm³/mol. The molecule has 1 unspecified atom stereocenters. The molecule has 1 aliphatic rings. The summed E-state index contributed by atoms with van der Waals surface area (Å²) < 4.78 is 2.07. The second kappa shape index (κ2) is 6.34. The van der Waals surface area contributed by atoms with E-state index in [0.29, 0.717) is 19.5 Å². The summed E-state index contributed by atoms with van der Waals surface area (Å²) in [6, 6.07) is 14.2. The molecule has 0 spiro atoms. The quantitative estimate of drug-likeness (QED) is 0.678. The van der Waals surface area contributed by atoms with Crippen molar-refractivity contribution in [2.45, 2.75) is 32.7 Å². The molecule has 2 aromatic carbocycles. The summed E-state index contributed by atoms with van der Waals surface area (Å²) in [5, 5.41) is 0. The lowest BCUT2D eigenvalue weighted by molar-refractivity contribution is -0.117. The SMILES string of the molecule is C#CCn1c(C2CC(=O)N(c3cc(C)ccc3C)C2)nc2ccccc21. The van der Waals surface area contributed by atoms with Gasteiger partial charge >= 0.3 is 0 Å². The summed E-state index contributed by atoms with van der Waals surface area (Å²) in [5.74, 6) is 3.82. The summed E-state index contributed by atoms with van der Waals surface area (Å²) in [7, 11) is 0. The van der Waals surface area contributed by atoms with Crippen LogP contribution in [-0.4, -0.2) is 22.0 Å². The summed E-state index contributed by atoms with van der Waals surface area (Å²) in [5.41, 5.74) is 5.22. The summed E-state index contributed by atoms with van der Waals surface area (Å²) in [6.07, 6.45) is 6.04. The van der Waals surface area contributed by atoms with E-state index in [4.69, 9.17) is 11.4 Å². The first-order valence-corrected chi connectivity index (χ1v) is 8.84. The van der Waals surface area contributed by atoms with Crippen molar-refractivity contribution in [3.63, 3.8) is 0 Å². The van der Waals surface area contributed by atoms with Crippen molar-refractivity contribution < 1.29 is 4.79 Å². The first kappa shape index (κ1) is 16.4. The molecule has 2 heterocycles. The molecule has 0 radical (unpaired) electrons. The number of carbonyl (C=O) groups excluding carboxylic acids is 1. The smallest absolute Gasteiger partial charge is 0.227 e. The number of aryl methyl sites for hydroxylation is 2. The maximum absolute atomic E-state index is 12.8. The van der Waals surface area contributed by atoms with E-state index in [1.807, 2.05) is 43.0 Å². The minimum Gasteiger partial charge on any atom is -0.316 e. The van der Waals surface area contributed by atoms with E-state index in [1.54, 1.807) is 0 Å². The fourth-order valence-electron chi connectivity index (χ4n) is 3.79. The molecule has 4 rings (SSSR count). The predicted octanol–water partition coefficient (Wildman–Crippen LogP) is 3.81. The van der Waals surface area contributed by atoms with Crippen LogP contribution >= 0.6 is 0 Å². The molecular weight excluding hydrogens is 322 g/mol. The van der Waals surface area contributed by atoms with E-state index in [1.165, 1.54) is 0 Å². The van der Waals surface area contributed by atoms with Gasteiger partial charge in [-0.05, 0) is 43.2 Å².